The first-order chi connectivity index (χ1) is 15.2. The highest BCUT2D eigenvalue weighted by Crippen LogP contribution is 2.57. The number of amides is 2. The summed E-state index contributed by atoms with van der Waals surface area (Å²) in [5.41, 5.74) is -0.757. The predicted molar refractivity (Wildman–Crippen MR) is 121 cm³/mol. The highest BCUT2D eigenvalue weighted by molar-refractivity contribution is 8.15. The van der Waals surface area contributed by atoms with E-state index in [0.29, 0.717) is 11.0 Å². The molecular weight excluding hydrogens is 477 g/mol. The lowest BCUT2D eigenvalue weighted by Crippen LogP contribution is -2.50. The molecule has 0 aromatic carbocycles. The number of likely N-dealkylation sites (N-methyl/N-ethyl adjacent to an activating group) is 1. The minimum absolute atomic E-state index is 0.00911. The highest BCUT2D eigenvalue weighted by Gasteiger charge is 2.49. The number of quaternary nitrogens is 1. The van der Waals surface area contributed by atoms with Gasteiger partial charge in [0.2, 0.25) is 11.8 Å². The lowest BCUT2D eigenvalue weighted by atomic mass is 9.87. The van der Waals surface area contributed by atoms with Gasteiger partial charge < -0.3 is 19.9 Å². The lowest BCUT2D eigenvalue weighted by molar-refractivity contribution is -0.870. The second kappa shape index (κ2) is 12.8. The molecule has 2 atom stereocenters. The monoisotopic (exact) mass is 512 g/mol. The molecule has 12 nitrogen and oxygen atoms in total. The van der Waals surface area contributed by atoms with Crippen molar-refractivity contribution in [3.05, 3.63) is 0 Å². The van der Waals surface area contributed by atoms with Crippen LogP contribution in [0.5, 0.6) is 0 Å². The number of nitrogens with zero attached hydrogens (tertiary/aromatic N) is 1. The molecule has 2 amide bonds. The molecule has 1 heterocycles. The fraction of sp³-hybridized carbons (Fsp3) is 0.789. The van der Waals surface area contributed by atoms with Crippen molar-refractivity contribution in [3.63, 3.8) is 0 Å². The van der Waals surface area contributed by atoms with Crippen LogP contribution in [0.2, 0.25) is 0 Å². The van der Waals surface area contributed by atoms with Crippen LogP contribution in [-0.2, 0) is 42.1 Å². The Labute approximate surface area is 198 Å². The molecule has 1 fully saturated rings. The Bertz CT molecular complexity index is 770. The van der Waals surface area contributed by atoms with Crippen LogP contribution < -0.4 is 10.6 Å². The molecule has 1 rings (SSSR count). The van der Waals surface area contributed by atoms with Gasteiger partial charge in [-0.05, 0) is 0 Å². The molecule has 1 unspecified atom stereocenters. The quantitative estimate of drug-likeness (QED) is 0.130. The van der Waals surface area contributed by atoms with E-state index in [1.165, 1.54) is 0 Å². The fourth-order valence-electron chi connectivity index (χ4n) is 2.48. The third kappa shape index (κ3) is 11.0. The van der Waals surface area contributed by atoms with Gasteiger partial charge in [0.1, 0.15) is 13.2 Å². The predicted octanol–water partition coefficient (Wildman–Crippen LogP) is 0.314. The first-order valence-corrected chi connectivity index (χ1v) is 12.8. The molecule has 33 heavy (non-hydrogen) atoms. The Hall–Kier alpha value is -1.50. The number of phosphoric ester groups is 1. The molecule has 0 radical (unpaired) electrons. The van der Waals surface area contributed by atoms with E-state index in [1.807, 2.05) is 21.1 Å². The number of rotatable bonds is 11. The van der Waals surface area contributed by atoms with Gasteiger partial charge >= 0.3 is 13.8 Å². The Morgan fingerprint density at radius 1 is 1.15 bits per heavy atom. The van der Waals surface area contributed by atoms with E-state index < -0.39 is 36.3 Å². The summed E-state index contributed by atoms with van der Waals surface area (Å²) in [5.74, 6) is -1.61. The fourth-order valence-corrected chi connectivity index (χ4v) is 4.70. The van der Waals surface area contributed by atoms with Crippen molar-refractivity contribution in [2.75, 3.05) is 66.9 Å². The zero-order valence-electron chi connectivity index (χ0n) is 20.0. The molecule has 1 aliphatic rings. The molecule has 0 saturated carbocycles. The van der Waals surface area contributed by atoms with E-state index in [1.54, 1.807) is 13.8 Å². The minimum atomic E-state index is -3.89. The van der Waals surface area contributed by atoms with Gasteiger partial charge in [-0.15, -0.1) is 0 Å². The summed E-state index contributed by atoms with van der Waals surface area (Å²) in [6.45, 7) is 4.40. The van der Waals surface area contributed by atoms with Crippen molar-refractivity contribution < 1.29 is 46.5 Å². The smallest absolute Gasteiger partial charge is 0.463 e. The zero-order chi connectivity index (χ0) is 25.3. The van der Waals surface area contributed by atoms with E-state index in [4.69, 9.17) is 13.6 Å². The van der Waals surface area contributed by atoms with Crippen LogP contribution in [-0.4, -0.2) is 100 Å². The molecular formula is C19H35N3O9PS+. The maximum absolute atomic E-state index is 12.8. The van der Waals surface area contributed by atoms with Gasteiger partial charge in [0.05, 0.1) is 34.9 Å². The average molecular weight is 513 g/mol. The van der Waals surface area contributed by atoms with Gasteiger partial charge in [0.25, 0.3) is 5.12 Å². The first-order valence-electron chi connectivity index (χ1n) is 10.4. The molecule has 190 valence electrons. The Balaban J connectivity index is 2.43. The second-order valence-corrected chi connectivity index (χ2v) is 11.7. The largest absolute Gasteiger partial charge is 0.475 e. The lowest BCUT2D eigenvalue weighted by Gasteiger charge is -2.39. The van der Waals surface area contributed by atoms with E-state index >= 15 is 0 Å². The van der Waals surface area contributed by atoms with Gasteiger partial charge in [-0.25, -0.2) is 9.36 Å². The van der Waals surface area contributed by atoms with Gasteiger partial charge in [-0.1, -0.05) is 25.6 Å². The summed E-state index contributed by atoms with van der Waals surface area (Å²) in [5, 5.41) is 4.45. The molecule has 0 spiro atoms. The van der Waals surface area contributed by atoms with Crippen LogP contribution in [0.1, 0.15) is 20.3 Å². The van der Waals surface area contributed by atoms with Gasteiger partial charge in [-0.3, -0.25) is 28.0 Å². The van der Waals surface area contributed by atoms with Crippen molar-refractivity contribution in [1.82, 2.24) is 10.6 Å². The standard InChI is InChI=1S/C19H34N3O9PS/c1-19(2)13-30-32(27,29-11-10-22(3,4)5)31-15(19)16(24)21-8-7-14(23)20-9-12-33-18(26)17(25)28-6/h15H,7-13H2,1-6H3,(H-,20,21,23,24)/p+1/t15-,32?/m0/s1. The third-order valence-corrected chi connectivity index (χ3v) is 6.70. The van der Waals surface area contributed by atoms with Gasteiger partial charge in [0, 0.05) is 30.7 Å². The molecule has 1 saturated heterocycles. The number of esters is 1. The number of ether oxygens (including phenoxy) is 1. The first kappa shape index (κ1) is 29.5. The summed E-state index contributed by atoms with van der Waals surface area (Å²) in [6, 6.07) is 0. The van der Waals surface area contributed by atoms with Crippen molar-refractivity contribution in [2.24, 2.45) is 5.41 Å². The van der Waals surface area contributed by atoms with Gasteiger partial charge in [-0.2, -0.15) is 0 Å². The molecule has 14 heteroatoms. The summed E-state index contributed by atoms with van der Waals surface area (Å²) in [7, 11) is 3.09. The molecule has 0 aromatic rings. The van der Waals surface area contributed by atoms with Crippen molar-refractivity contribution >= 4 is 42.5 Å². The molecule has 1 aliphatic heterocycles. The van der Waals surface area contributed by atoms with Crippen LogP contribution in [0.15, 0.2) is 0 Å². The topological polar surface area (TPSA) is 146 Å². The number of nitrogens with one attached hydrogen (secondary N) is 2. The van der Waals surface area contributed by atoms with E-state index in [-0.39, 0.29) is 44.4 Å². The van der Waals surface area contributed by atoms with Crippen LogP contribution in [0.3, 0.4) is 0 Å². The summed E-state index contributed by atoms with van der Waals surface area (Å²) in [4.78, 5) is 46.8. The summed E-state index contributed by atoms with van der Waals surface area (Å²) < 4.78 is 33.8. The number of hydrogen-bond donors (Lipinski definition) is 2. The third-order valence-electron chi connectivity index (χ3n) is 4.45. The maximum atomic E-state index is 12.8. The molecule has 0 bridgehead atoms. The van der Waals surface area contributed by atoms with Crippen molar-refractivity contribution in [2.45, 2.75) is 26.4 Å². The van der Waals surface area contributed by atoms with E-state index in [2.05, 4.69) is 15.4 Å². The molecule has 0 aromatic heterocycles. The minimum Gasteiger partial charge on any atom is -0.463 e. The average Bonchev–Trinajstić information content (AvgIpc) is 2.71. The van der Waals surface area contributed by atoms with Crippen molar-refractivity contribution in [1.29, 1.82) is 0 Å². The van der Waals surface area contributed by atoms with Gasteiger partial charge in [0.15, 0.2) is 6.10 Å². The second-order valence-electron chi connectivity index (χ2n) is 9.06. The Morgan fingerprint density at radius 3 is 2.42 bits per heavy atom. The number of carbonyl (C=O) groups is 4. The summed E-state index contributed by atoms with van der Waals surface area (Å²) >= 11 is 0.739. The van der Waals surface area contributed by atoms with Crippen LogP contribution in [0, 0.1) is 5.41 Å². The normalized spacial score (nSPS) is 22.3. The Kier molecular flexibility index (Phi) is 11.5. The molecule has 2 N–H and O–H groups in total. The SMILES string of the molecule is COC(=O)C(=O)SCCNC(=O)CCNC(=O)[C@@H]1OP(=O)(OCC[N+](C)(C)C)OCC1(C)C. The number of hydrogen-bond acceptors (Lipinski definition) is 10. The number of phosphoric acid groups is 1. The van der Waals surface area contributed by atoms with E-state index in [0.717, 1.165) is 18.9 Å². The maximum Gasteiger partial charge on any atom is 0.475 e. The van der Waals surface area contributed by atoms with Crippen molar-refractivity contribution in [3.8, 4) is 0 Å². The van der Waals surface area contributed by atoms with E-state index in [9.17, 15) is 23.7 Å². The van der Waals surface area contributed by atoms with Crippen LogP contribution >= 0.6 is 19.6 Å². The Morgan fingerprint density at radius 2 is 1.82 bits per heavy atom. The molecule has 0 aliphatic carbocycles. The number of thioether (sulfide) groups is 1. The van der Waals surface area contributed by atoms with Crippen LogP contribution in [0.4, 0.5) is 0 Å². The van der Waals surface area contributed by atoms with Crippen LogP contribution in [0.25, 0.3) is 0 Å². The highest BCUT2D eigenvalue weighted by atomic mass is 32.2. The number of carbonyl (C=O) groups excluding carboxylic acids is 4. The number of methoxy groups -OCH3 is 1. The summed E-state index contributed by atoms with van der Waals surface area (Å²) in [6.07, 6.45) is -1.09. The zero-order valence-corrected chi connectivity index (χ0v) is 21.7.